The minimum Gasteiger partial charge on any atom is -0.480 e. The van der Waals surface area contributed by atoms with Gasteiger partial charge in [-0.25, -0.2) is 18.4 Å². The van der Waals surface area contributed by atoms with Crippen LogP contribution in [-0.4, -0.2) is 65.2 Å². The molecule has 0 saturated heterocycles. The fourth-order valence-corrected chi connectivity index (χ4v) is 1.20. The van der Waals surface area contributed by atoms with E-state index in [2.05, 4.69) is 0 Å². The van der Waals surface area contributed by atoms with E-state index in [0.29, 0.717) is 4.90 Å². The van der Waals surface area contributed by atoms with Crippen molar-refractivity contribution in [1.29, 1.82) is 0 Å². The highest BCUT2D eigenvalue weighted by molar-refractivity contribution is 5.87. The lowest BCUT2D eigenvalue weighted by Crippen LogP contribution is -2.51. The highest BCUT2D eigenvalue weighted by Crippen LogP contribution is 2.01. The number of aliphatic carboxylic acids is 1. The molecule has 0 heterocycles. The Morgan fingerprint density at radius 2 is 1.89 bits per heavy atom. The quantitative estimate of drug-likeness (QED) is 0.434. The van der Waals surface area contributed by atoms with E-state index in [0.717, 1.165) is 0 Å². The van der Waals surface area contributed by atoms with Crippen LogP contribution in [0.15, 0.2) is 0 Å². The summed E-state index contributed by atoms with van der Waals surface area (Å²) in [5.41, 5.74) is 4.80. The molecule has 10 heteroatoms. The van der Waals surface area contributed by atoms with E-state index in [-0.39, 0.29) is 6.54 Å². The molecule has 0 aromatic carbocycles. The molecule has 0 rings (SSSR count). The molecule has 5 N–H and O–H groups in total. The standard InChI is InChI=1S/C9H15F2N3O5/c10-6(11)4-14(1-2-15)9(19)13-5(8(17)18)3-7(12)16/h5-6,15H,1-4H2,(H2,12,16)(H,13,19)(H,17,18)/t5-/m0/s1. The highest BCUT2D eigenvalue weighted by Gasteiger charge is 2.25. The fourth-order valence-electron chi connectivity index (χ4n) is 1.20. The van der Waals surface area contributed by atoms with Crippen molar-refractivity contribution in [2.45, 2.75) is 18.9 Å². The van der Waals surface area contributed by atoms with E-state index in [1.807, 2.05) is 5.32 Å². The maximum atomic E-state index is 12.2. The van der Waals surface area contributed by atoms with Crippen LogP contribution in [0.2, 0.25) is 0 Å². The number of nitrogens with two attached hydrogens (primary N) is 1. The summed E-state index contributed by atoms with van der Waals surface area (Å²) in [7, 11) is 0. The molecule has 0 aromatic rings. The molecule has 0 aromatic heterocycles. The number of aliphatic hydroxyl groups excluding tert-OH is 1. The Morgan fingerprint density at radius 1 is 1.32 bits per heavy atom. The van der Waals surface area contributed by atoms with Gasteiger partial charge in [-0.3, -0.25) is 4.79 Å². The van der Waals surface area contributed by atoms with Crippen molar-refractivity contribution in [2.75, 3.05) is 19.7 Å². The number of primary amides is 1. The van der Waals surface area contributed by atoms with Gasteiger partial charge in [0, 0.05) is 6.54 Å². The summed E-state index contributed by atoms with van der Waals surface area (Å²) in [6.45, 7) is -1.91. The normalized spacial score (nSPS) is 12.0. The Balaban J connectivity index is 4.65. The molecule has 0 aliphatic heterocycles. The zero-order valence-electron chi connectivity index (χ0n) is 9.88. The number of aliphatic hydroxyl groups is 1. The minimum atomic E-state index is -2.84. The second kappa shape index (κ2) is 8.19. The summed E-state index contributed by atoms with van der Waals surface area (Å²) < 4.78 is 24.4. The van der Waals surface area contributed by atoms with Gasteiger partial charge in [-0.2, -0.15) is 0 Å². The van der Waals surface area contributed by atoms with Gasteiger partial charge < -0.3 is 26.2 Å². The first-order valence-electron chi connectivity index (χ1n) is 5.23. The number of hydrogen-bond acceptors (Lipinski definition) is 4. The van der Waals surface area contributed by atoms with E-state index in [1.165, 1.54) is 0 Å². The van der Waals surface area contributed by atoms with Gasteiger partial charge >= 0.3 is 12.0 Å². The molecule has 0 fully saturated rings. The van der Waals surface area contributed by atoms with Crippen molar-refractivity contribution < 1.29 is 33.4 Å². The smallest absolute Gasteiger partial charge is 0.326 e. The monoisotopic (exact) mass is 283 g/mol. The SMILES string of the molecule is NC(=O)C[C@H](NC(=O)N(CCO)CC(F)F)C(=O)O. The van der Waals surface area contributed by atoms with Crippen LogP contribution in [0, 0.1) is 0 Å². The van der Waals surface area contributed by atoms with Gasteiger partial charge in [0.2, 0.25) is 5.91 Å². The maximum Gasteiger partial charge on any atom is 0.326 e. The molecule has 8 nitrogen and oxygen atoms in total. The van der Waals surface area contributed by atoms with Crippen LogP contribution >= 0.6 is 0 Å². The summed E-state index contributed by atoms with van der Waals surface area (Å²) in [4.78, 5) is 33.4. The third-order valence-corrected chi connectivity index (χ3v) is 2.02. The Morgan fingerprint density at radius 3 is 2.26 bits per heavy atom. The number of carbonyl (C=O) groups excluding carboxylic acids is 2. The summed E-state index contributed by atoms with van der Waals surface area (Å²) >= 11 is 0. The number of hydrogen-bond donors (Lipinski definition) is 4. The molecule has 0 unspecified atom stereocenters. The molecule has 0 radical (unpaired) electrons. The Bertz CT molecular complexity index is 340. The Hall–Kier alpha value is -1.97. The van der Waals surface area contributed by atoms with Gasteiger partial charge in [0.1, 0.15) is 6.04 Å². The minimum absolute atomic E-state index is 0.390. The number of urea groups is 1. The molecule has 0 aliphatic rings. The van der Waals surface area contributed by atoms with Crippen molar-refractivity contribution in [3.63, 3.8) is 0 Å². The van der Waals surface area contributed by atoms with Crippen LogP contribution in [-0.2, 0) is 9.59 Å². The number of alkyl halides is 2. The van der Waals surface area contributed by atoms with E-state index < -0.39 is 49.9 Å². The van der Waals surface area contributed by atoms with Crippen LogP contribution in [0.1, 0.15) is 6.42 Å². The molecule has 0 spiro atoms. The summed E-state index contributed by atoms with van der Waals surface area (Å²) in [5, 5.41) is 19.2. The zero-order chi connectivity index (χ0) is 15.0. The van der Waals surface area contributed by atoms with Gasteiger partial charge in [0.15, 0.2) is 0 Å². The van der Waals surface area contributed by atoms with Gasteiger partial charge in [0.05, 0.1) is 19.6 Å². The van der Waals surface area contributed by atoms with Crippen molar-refractivity contribution >= 4 is 17.9 Å². The van der Waals surface area contributed by atoms with E-state index in [9.17, 15) is 23.2 Å². The molecule has 0 bridgehead atoms. The number of nitrogens with one attached hydrogen (secondary N) is 1. The molecular formula is C9H15F2N3O5. The van der Waals surface area contributed by atoms with E-state index in [1.54, 1.807) is 0 Å². The lowest BCUT2D eigenvalue weighted by Gasteiger charge is -2.23. The van der Waals surface area contributed by atoms with Crippen LogP contribution in [0.25, 0.3) is 0 Å². The molecule has 0 aliphatic carbocycles. The van der Waals surface area contributed by atoms with Crippen LogP contribution in [0.5, 0.6) is 0 Å². The molecule has 1 atom stereocenters. The lowest BCUT2D eigenvalue weighted by molar-refractivity contribution is -0.141. The Kier molecular flexibility index (Phi) is 7.34. The van der Waals surface area contributed by atoms with Gasteiger partial charge in [-0.15, -0.1) is 0 Å². The average molecular weight is 283 g/mol. The predicted octanol–water partition coefficient (Wildman–Crippen LogP) is -1.42. The summed E-state index contributed by atoms with van der Waals surface area (Å²) in [6, 6.07) is -2.73. The first-order valence-corrected chi connectivity index (χ1v) is 5.23. The van der Waals surface area contributed by atoms with Gasteiger partial charge in [0.25, 0.3) is 6.43 Å². The summed E-state index contributed by atoms with van der Waals surface area (Å²) in [5.74, 6) is -2.48. The first-order chi connectivity index (χ1) is 8.77. The van der Waals surface area contributed by atoms with E-state index in [4.69, 9.17) is 15.9 Å². The third kappa shape index (κ3) is 7.13. The third-order valence-electron chi connectivity index (χ3n) is 2.02. The number of carboxylic acids is 1. The van der Waals surface area contributed by atoms with Gasteiger partial charge in [-0.1, -0.05) is 0 Å². The number of rotatable bonds is 8. The number of carbonyl (C=O) groups is 3. The highest BCUT2D eigenvalue weighted by atomic mass is 19.3. The maximum absolute atomic E-state index is 12.2. The average Bonchev–Trinajstić information content (AvgIpc) is 2.26. The van der Waals surface area contributed by atoms with E-state index >= 15 is 0 Å². The van der Waals surface area contributed by atoms with Crippen LogP contribution < -0.4 is 11.1 Å². The topological polar surface area (TPSA) is 133 Å². The largest absolute Gasteiger partial charge is 0.480 e. The molecule has 110 valence electrons. The second-order valence-electron chi connectivity index (χ2n) is 3.57. The molecular weight excluding hydrogens is 268 g/mol. The molecule has 19 heavy (non-hydrogen) atoms. The molecule has 3 amide bonds. The second-order valence-corrected chi connectivity index (χ2v) is 3.57. The first kappa shape index (κ1) is 17.0. The number of carboxylic acid groups (broad SMARTS) is 1. The van der Waals surface area contributed by atoms with Crippen molar-refractivity contribution in [3.05, 3.63) is 0 Å². The number of halogens is 2. The molecule has 0 saturated carbocycles. The number of amides is 3. The zero-order valence-corrected chi connectivity index (χ0v) is 9.88. The summed E-state index contributed by atoms with van der Waals surface area (Å²) in [6.07, 6.45) is -3.50. The van der Waals surface area contributed by atoms with Crippen molar-refractivity contribution in [2.24, 2.45) is 5.73 Å². The van der Waals surface area contributed by atoms with Gasteiger partial charge in [-0.05, 0) is 0 Å². The predicted molar refractivity (Wildman–Crippen MR) is 58.4 cm³/mol. The van der Waals surface area contributed by atoms with Crippen molar-refractivity contribution in [3.8, 4) is 0 Å². The van der Waals surface area contributed by atoms with Crippen LogP contribution in [0.4, 0.5) is 13.6 Å². The van der Waals surface area contributed by atoms with Crippen molar-refractivity contribution in [1.82, 2.24) is 10.2 Å². The van der Waals surface area contributed by atoms with Crippen LogP contribution in [0.3, 0.4) is 0 Å². The fraction of sp³-hybridized carbons (Fsp3) is 0.667. The number of nitrogens with zero attached hydrogens (tertiary/aromatic N) is 1. The lowest BCUT2D eigenvalue weighted by atomic mass is 10.2. The Labute approximate surface area is 107 Å².